The lowest BCUT2D eigenvalue weighted by molar-refractivity contribution is -0.138. The maximum Gasteiger partial charge on any atom is 0.319 e. The molecule has 0 saturated heterocycles. The van der Waals surface area contributed by atoms with Crippen molar-refractivity contribution in [2.45, 2.75) is 25.8 Å². The fourth-order valence-corrected chi connectivity index (χ4v) is 2.51. The molecule has 0 spiro atoms. The number of amides is 3. The van der Waals surface area contributed by atoms with E-state index in [1.165, 1.54) is 30.3 Å². The zero-order valence-electron chi connectivity index (χ0n) is 15.5. The van der Waals surface area contributed by atoms with Crippen LogP contribution in [0.15, 0.2) is 48.5 Å². The minimum atomic E-state index is -1.13. The molecule has 3 amide bonds. The van der Waals surface area contributed by atoms with Crippen molar-refractivity contribution in [2.75, 3.05) is 11.9 Å². The Morgan fingerprint density at radius 2 is 1.75 bits per heavy atom. The van der Waals surface area contributed by atoms with E-state index in [1.807, 2.05) is 13.8 Å². The molecule has 1 atom stereocenters. The second kappa shape index (κ2) is 9.50. The van der Waals surface area contributed by atoms with Gasteiger partial charge in [0.2, 0.25) is 0 Å². The van der Waals surface area contributed by atoms with Crippen LogP contribution in [0.25, 0.3) is 0 Å². The van der Waals surface area contributed by atoms with Gasteiger partial charge >= 0.3 is 12.0 Å². The van der Waals surface area contributed by atoms with Gasteiger partial charge in [-0.25, -0.2) is 9.18 Å². The first-order valence-electron chi connectivity index (χ1n) is 8.70. The van der Waals surface area contributed by atoms with Gasteiger partial charge in [0.25, 0.3) is 5.91 Å². The van der Waals surface area contributed by atoms with E-state index in [-0.39, 0.29) is 18.2 Å². The second-order valence-corrected chi connectivity index (χ2v) is 6.49. The van der Waals surface area contributed by atoms with Crippen molar-refractivity contribution in [3.63, 3.8) is 0 Å². The number of carboxylic acids is 1. The molecule has 0 heterocycles. The number of carboxylic acid groups (broad SMARTS) is 1. The summed E-state index contributed by atoms with van der Waals surface area (Å²) in [5.41, 5.74) is 1.08. The number of hydrogen-bond acceptors (Lipinski definition) is 3. The van der Waals surface area contributed by atoms with E-state index in [2.05, 4.69) is 16.0 Å². The number of urea groups is 1. The van der Waals surface area contributed by atoms with Gasteiger partial charge < -0.3 is 21.1 Å². The number of nitrogens with one attached hydrogen (secondary N) is 3. The van der Waals surface area contributed by atoms with Gasteiger partial charge in [-0.3, -0.25) is 9.59 Å². The molecule has 148 valence electrons. The Kier molecular flexibility index (Phi) is 7.08. The van der Waals surface area contributed by atoms with Crippen LogP contribution < -0.4 is 16.0 Å². The molecular weight excluding hydrogens is 365 g/mol. The Bertz CT molecular complexity index is 853. The van der Waals surface area contributed by atoms with Gasteiger partial charge in [-0.05, 0) is 49.7 Å². The molecular formula is C20H22FN3O4. The second-order valence-electron chi connectivity index (χ2n) is 6.49. The SMILES string of the molecule is CC(C)NC(=O)Nc1cccc(C(=O)NCC(C(=O)O)c2ccc(F)cc2)c1. The maximum atomic E-state index is 13.0. The number of anilines is 1. The lowest BCUT2D eigenvalue weighted by Gasteiger charge is -2.14. The lowest BCUT2D eigenvalue weighted by atomic mass is 9.99. The molecule has 0 radical (unpaired) electrons. The van der Waals surface area contributed by atoms with Gasteiger partial charge in [0.05, 0.1) is 5.92 Å². The van der Waals surface area contributed by atoms with Gasteiger partial charge in [-0.1, -0.05) is 18.2 Å². The summed E-state index contributed by atoms with van der Waals surface area (Å²) in [7, 11) is 0. The molecule has 2 rings (SSSR count). The minimum absolute atomic E-state index is 0.0362. The third-order valence-corrected chi connectivity index (χ3v) is 3.84. The normalized spacial score (nSPS) is 11.6. The zero-order chi connectivity index (χ0) is 20.7. The number of halogens is 1. The van der Waals surface area contributed by atoms with E-state index in [4.69, 9.17) is 0 Å². The summed E-state index contributed by atoms with van der Waals surface area (Å²) >= 11 is 0. The zero-order valence-corrected chi connectivity index (χ0v) is 15.5. The topological polar surface area (TPSA) is 108 Å². The molecule has 0 bridgehead atoms. The minimum Gasteiger partial charge on any atom is -0.481 e. The van der Waals surface area contributed by atoms with Crippen LogP contribution in [0, 0.1) is 5.82 Å². The van der Waals surface area contributed by atoms with Crippen LogP contribution in [0.1, 0.15) is 35.7 Å². The van der Waals surface area contributed by atoms with E-state index < -0.39 is 29.6 Å². The van der Waals surface area contributed by atoms with Crippen molar-refractivity contribution in [1.82, 2.24) is 10.6 Å². The van der Waals surface area contributed by atoms with Crippen LogP contribution in [-0.2, 0) is 4.79 Å². The molecule has 2 aromatic rings. The highest BCUT2D eigenvalue weighted by Crippen LogP contribution is 2.17. The van der Waals surface area contributed by atoms with Crippen molar-refractivity contribution in [2.24, 2.45) is 0 Å². The number of carbonyl (C=O) groups is 3. The summed E-state index contributed by atoms with van der Waals surface area (Å²) in [4.78, 5) is 35.6. The van der Waals surface area contributed by atoms with Crippen LogP contribution >= 0.6 is 0 Å². The summed E-state index contributed by atoms with van der Waals surface area (Å²) in [6, 6.07) is 10.9. The smallest absolute Gasteiger partial charge is 0.319 e. The predicted molar refractivity (Wildman–Crippen MR) is 103 cm³/mol. The van der Waals surface area contributed by atoms with Crippen LogP contribution in [0.2, 0.25) is 0 Å². The number of rotatable bonds is 7. The Balaban J connectivity index is 2.03. The van der Waals surface area contributed by atoms with Crippen molar-refractivity contribution in [1.29, 1.82) is 0 Å². The monoisotopic (exact) mass is 387 g/mol. The van der Waals surface area contributed by atoms with Gasteiger partial charge in [-0.2, -0.15) is 0 Å². The molecule has 0 fully saturated rings. The highest BCUT2D eigenvalue weighted by atomic mass is 19.1. The number of hydrogen-bond donors (Lipinski definition) is 4. The van der Waals surface area contributed by atoms with Crippen LogP contribution in [-0.4, -0.2) is 35.6 Å². The molecule has 1 unspecified atom stereocenters. The molecule has 0 aliphatic heterocycles. The Morgan fingerprint density at radius 3 is 2.36 bits per heavy atom. The van der Waals surface area contributed by atoms with Crippen molar-refractivity contribution in [3.05, 3.63) is 65.5 Å². The van der Waals surface area contributed by atoms with Crippen molar-refractivity contribution >= 4 is 23.6 Å². The molecule has 0 saturated carbocycles. The van der Waals surface area contributed by atoms with Crippen LogP contribution in [0.4, 0.5) is 14.9 Å². The first kappa shape index (κ1) is 20.9. The van der Waals surface area contributed by atoms with Gasteiger partial charge in [0, 0.05) is 23.8 Å². The summed E-state index contributed by atoms with van der Waals surface area (Å²) in [5.74, 6) is -3.10. The third kappa shape index (κ3) is 6.08. The third-order valence-electron chi connectivity index (χ3n) is 3.84. The molecule has 2 aromatic carbocycles. The largest absolute Gasteiger partial charge is 0.481 e. The molecule has 28 heavy (non-hydrogen) atoms. The van der Waals surface area contributed by atoms with Crippen molar-refractivity contribution in [3.8, 4) is 0 Å². The average Bonchev–Trinajstić information content (AvgIpc) is 2.62. The lowest BCUT2D eigenvalue weighted by Crippen LogP contribution is -2.34. The Morgan fingerprint density at radius 1 is 1.07 bits per heavy atom. The summed E-state index contributed by atoms with van der Waals surface area (Å²) in [5, 5.41) is 17.3. The molecule has 0 aliphatic carbocycles. The van der Waals surface area contributed by atoms with E-state index >= 15 is 0 Å². The first-order valence-corrected chi connectivity index (χ1v) is 8.70. The number of aliphatic carboxylic acids is 1. The molecule has 0 aromatic heterocycles. The predicted octanol–water partition coefficient (Wildman–Crippen LogP) is 2.95. The number of carbonyl (C=O) groups excluding carboxylic acids is 2. The summed E-state index contributed by atoms with van der Waals surface area (Å²) in [6.07, 6.45) is 0. The highest BCUT2D eigenvalue weighted by Gasteiger charge is 2.21. The van der Waals surface area contributed by atoms with Crippen LogP contribution in [0.3, 0.4) is 0 Å². The quantitative estimate of drug-likeness (QED) is 0.586. The van der Waals surface area contributed by atoms with E-state index in [0.29, 0.717) is 11.3 Å². The van der Waals surface area contributed by atoms with Crippen molar-refractivity contribution < 1.29 is 23.9 Å². The van der Waals surface area contributed by atoms with Gasteiger partial charge in [-0.15, -0.1) is 0 Å². The Hall–Kier alpha value is -3.42. The fourth-order valence-electron chi connectivity index (χ4n) is 2.51. The molecule has 7 nitrogen and oxygen atoms in total. The molecule has 4 N–H and O–H groups in total. The van der Waals surface area contributed by atoms with E-state index in [0.717, 1.165) is 0 Å². The average molecular weight is 387 g/mol. The highest BCUT2D eigenvalue weighted by molar-refractivity contribution is 5.97. The van der Waals surface area contributed by atoms with Gasteiger partial charge in [0.15, 0.2) is 0 Å². The maximum absolute atomic E-state index is 13.0. The van der Waals surface area contributed by atoms with E-state index in [9.17, 15) is 23.9 Å². The summed E-state index contributed by atoms with van der Waals surface area (Å²) in [6.45, 7) is 3.48. The van der Waals surface area contributed by atoms with Gasteiger partial charge in [0.1, 0.15) is 5.82 Å². The molecule has 8 heteroatoms. The fraction of sp³-hybridized carbons (Fsp3) is 0.250. The Labute approximate surface area is 162 Å². The summed E-state index contributed by atoms with van der Waals surface area (Å²) < 4.78 is 13.0. The standard InChI is InChI=1S/C20H22FN3O4/c1-12(2)23-20(28)24-16-5-3-4-14(10-16)18(25)22-11-17(19(26)27)13-6-8-15(21)9-7-13/h3-10,12,17H,11H2,1-2H3,(H,22,25)(H,26,27)(H2,23,24,28). The first-order chi connectivity index (χ1) is 13.3. The number of benzene rings is 2. The molecule has 0 aliphatic rings. The van der Waals surface area contributed by atoms with E-state index in [1.54, 1.807) is 18.2 Å². The van der Waals surface area contributed by atoms with Crippen LogP contribution in [0.5, 0.6) is 0 Å².